The van der Waals surface area contributed by atoms with E-state index in [0.29, 0.717) is 18.1 Å². The summed E-state index contributed by atoms with van der Waals surface area (Å²) < 4.78 is 31.9. The summed E-state index contributed by atoms with van der Waals surface area (Å²) in [5.74, 6) is -1.33. The number of carbonyl (C=O) groups excluding carboxylic acids is 1. The quantitative estimate of drug-likeness (QED) is 0.907. The van der Waals surface area contributed by atoms with Gasteiger partial charge in [-0.05, 0) is 37.2 Å². The van der Waals surface area contributed by atoms with Crippen molar-refractivity contribution in [2.24, 2.45) is 5.41 Å². The highest BCUT2D eigenvalue weighted by Crippen LogP contribution is 2.48. The lowest BCUT2D eigenvalue weighted by Crippen LogP contribution is -2.27. The molecular weight excluding hydrogens is 276 g/mol. The maximum Gasteiger partial charge on any atom is 0.220 e. The summed E-state index contributed by atoms with van der Waals surface area (Å²) in [5, 5.41) is 2.70. The SMILES string of the molecule is O=C(CCC12CCC(C1)OC2)NCc1ccc(F)cc1F. The Balaban J connectivity index is 1.46. The number of benzene rings is 1. The summed E-state index contributed by atoms with van der Waals surface area (Å²) in [7, 11) is 0. The van der Waals surface area contributed by atoms with Gasteiger partial charge in [0.25, 0.3) is 0 Å². The van der Waals surface area contributed by atoms with Crippen LogP contribution in [0.1, 0.15) is 37.7 Å². The van der Waals surface area contributed by atoms with Crippen LogP contribution in [0.2, 0.25) is 0 Å². The van der Waals surface area contributed by atoms with Crippen LogP contribution < -0.4 is 5.32 Å². The lowest BCUT2D eigenvalue weighted by Gasteiger charge is -2.25. The monoisotopic (exact) mass is 295 g/mol. The van der Waals surface area contributed by atoms with Crippen molar-refractivity contribution >= 4 is 5.91 Å². The summed E-state index contributed by atoms with van der Waals surface area (Å²) >= 11 is 0. The average Bonchev–Trinajstić information content (AvgIpc) is 3.05. The zero-order chi connectivity index (χ0) is 14.9. The van der Waals surface area contributed by atoms with Crippen molar-refractivity contribution in [3.63, 3.8) is 0 Å². The number of ether oxygens (including phenoxy) is 1. The number of carbonyl (C=O) groups is 1. The normalized spacial score (nSPS) is 27.0. The number of hydrogen-bond donors (Lipinski definition) is 1. The number of amides is 1. The lowest BCUT2D eigenvalue weighted by molar-refractivity contribution is -0.122. The third-order valence-corrected chi connectivity index (χ3v) is 4.66. The van der Waals surface area contributed by atoms with E-state index in [9.17, 15) is 13.6 Å². The Hall–Kier alpha value is -1.49. The Bertz CT molecular complexity index is 539. The first-order chi connectivity index (χ1) is 10.1. The fraction of sp³-hybridized carbons (Fsp3) is 0.562. The van der Waals surface area contributed by atoms with Crippen LogP contribution in [0.4, 0.5) is 8.78 Å². The van der Waals surface area contributed by atoms with Crippen molar-refractivity contribution in [3.8, 4) is 0 Å². The molecule has 1 aliphatic carbocycles. The van der Waals surface area contributed by atoms with Gasteiger partial charge in [-0.2, -0.15) is 0 Å². The van der Waals surface area contributed by atoms with Gasteiger partial charge in [-0.1, -0.05) is 6.07 Å². The molecule has 2 unspecified atom stereocenters. The van der Waals surface area contributed by atoms with Gasteiger partial charge >= 0.3 is 0 Å². The van der Waals surface area contributed by atoms with E-state index < -0.39 is 11.6 Å². The first-order valence-electron chi connectivity index (χ1n) is 7.39. The minimum atomic E-state index is -0.628. The number of halogens is 2. The molecule has 1 aromatic rings. The summed E-state index contributed by atoms with van der Waals surface area (Å²) in [6, 6.07) is 3.38. The van der Waals surface area contributed by atoms with Crippen molar-refractivity contribution < 1.29 is 18.3 Å². The smallest absolute Gasteiger partial charge is 0.220 e. The van der Waals surface area contributed by atoms with Gasteiger partial charge in [0, 0.05) is 24.6 Å². The molecule has 2 atom stereocenters. The molecule has 0 spiro atoms. The first kappa shape index (κ1) is 14.4. The minimum Gasteiger partial charge on any atom is -0.378 e. The molecule has 1 N–H and O–H groups in total. The van der Waals surface area contributed by atoms with E-state index in [1.54, 1.807) is 0 Å². The zero-order valence-corrected chi connectivity index (χ0v) is 11.8. The third kappa shape index (κ3) is 3.23. The van der Waals surface area contributed by atoms with E-state index in [4.69, 9.17) is 4.74 Å². The van der Waals surface area contributed by atoms with Crippen LogP contribution in [0.15, 0.2) is 18.2 Å². The molecule has 1 saturated heterocycles. The molecule has 1 aromatic carbocycles. The highest BCUT2D eigenvalue weighted by molar-refractivity contribution is 5.75. The molecule has 0 radical (unpaired) electrons. The molecule has 0 aromatic heterocycles. The molecule has 2 bridgehead atoms. The molecule has 2 fully saturated rings. The second-order valence-electron chi connectivity index (χ2n) is 6.19. The molecule has 2 aliphatic rings. The second-order valence-corrected chi connectivity index (χ2v) is 6.19. The topological polar surface area (TPSA) is 38.3 Å². The van der Waals surface area contributed by atoms with Gasteiger partial charge < -0.3 is 10.1 Å². The fourth-order valence-electron chi connectivity index (χ4n) is 3.35. The van der Waals surface area contributed by atoms with Crippen LogP contribution in [-0.4, -0.2) is 18.6 Å². The fourth-order valence-corrected chi connectivity index (χ4v) is 3.35. The summed E-state index contributed by atoms with van der Waals surface area (Å²) in [4.78, 5) is 11.9. The van der Waals surface area contributed by atoms with E-state index in [1.165, 1.54) is 12.1 Å². The van der Waals surface area contributed by atoms with Gasteiger partial charge in [-0.25, -0.2) is 8.78 Å². The molecule has 114 valence electrons. The minimum absolute atomic E-state index is 0.0940. The van der Waals surface area contributed by atoms with Gasteiger partial charge in [-0.15, -0.1) is 0 Å². The molecule has 1 saturated carbocycles. The van der Waals surface area contributed by atoms with Crippen LogP contribution in [-0.2, 0) is 16.1 Å². The highest BCUT2D eigenvalue weighted by Gasteiger charge is 2.45. The predicted molar refractivity (Wildman–Crippen MR) is 73.5 cm³/mol. The Morgan fingerprint density at radius 2 is 2.29 bits per heavy atom. The third-order valence-electron chi connectivity index (χ3n) is 4.66. The maximum atomic E-state index is 13.4. The van der Waals surface area contributed by atoms with E-state index in [-0.39, 0.29) is 17.9 Å². The molecule has 5 heteroatoms. The predicted octanol–water partition coefficient (Wildman–Crippen LogP) is 2.93. The number of nitrogens with one attached hydrogen (secondary N) is 1. The molecule has 3 nitrogen and oxygen atoms in total. The Kier molecular flexibility index (Phi) is 3.93. The lowest BCUT2D eigenvalue weighted by atomic mass is 9.83. The number of fused-ring (bicyclic) bond motifs is 2. The van der Waals surface area contributed by atoms with E-state index in [2.05, 4.69) is 5.32 Å². The Morgan fingerprint density at radius 1 is 1.43 bits per heavy atom. The average molecular weight is 295 g/mol. The standard InChI is InChI=1S/C16H19F2NO2/c17-12-2-1-11(14(18)7-12)9-19-15(20)4-6-16-5-3-13(8-16)21-10-16/h1-2,7,13H,3-6,8-10H2,(H,19,20). The summed E-state index contributed by atoms with van der Waals surface area (Å²) in [6.07, 6.45) is 4.94. The van der Waals surface area contributed by atoms with Gasteiger partial charge in [0.2, 0.25) is 5.91 Å². The maximum absolute atomic E-state index is 13.4. The van der Waals surface area contributed by atoms with E-state index in [0.717, 1.165) is 38.4 Å². The van der Waals surface area contributed by atoms with Crippen molar-refractivity contribution in [1.82, 2.24) is 5.32 Å². The van der Waals surface area contributed by atoms with Crippen LogP contribution in [0.5, 0.6) is 0 Å². The van der Waals surface area contributed by atoms with Crippen LogP contribution >= 0.6 is 0 Å². The second kappa shape index (κ2) is 5.72. The molecule has 1 aliphatic heterocycles. The van der Waals surface area contributed by atoms with E-state index in [1.807, 2.05) is 0 Å². The highest BCUT2D eigenvalue weighted by atomic mass is 19.1. The van der Waals surface area contributed by atoms with Gasteiger partial charge in [-0.3, -0.25) is 4.79 Å². The van der Waals surface area contributed by atoms with Crippen molar-refractivity contribution in [1.29, 1.82) is 0 Å². The molecular formula is C16H19F2NO2. The van der Waals surface area contributed by atoms with Crippen molar-refractivity contribution in [2.45, 2.75) is 44.8 Å². The summed E-state index contributed by atoms with van der Waals surface area (Å²) in [5.41, 5.74) is 0.483. The van der Waals surface area contributed by atoms with Crippen molar-refractivity contribution in [3.05, 3.63) is 35.4 Å². The molecule has 21 heavy (non-hydrogen) atoms. The zero-order valence-electron chi connectivity index (χ0n) is 11.8. The van der Waals surface area contributed by atoms with E-state index >= 15 is 0 Å². The van der Waals surface area contributed by atoms with Gasteiger partial charge in [0.15, 0.2) is 0 Å². The van der Waals surface area contributed by atoms with Crippen molar-refractivity contribution in [2.75, 3.05) is 6.61 Å². The van der Waals surface area contributed by atoms with Gasteiger partial charge in [0.05, 0.1) is 12.7 Å². The summed E-state index contributed by atoms with van der Waals surface area (Å²) in [6.45, 7) is 0.856. The first-order valence-corrected chi connectivity index (χ1v) is 7.39. The van der Waals surface area contributed by atoms with Crippen LogP contribution in [0, 0.1) is 17.0 Å². The molecule has 1 amide bonds. The largest absolute Gasteiger partial charge is 0.378 e. The van der Waals surface area contributed by atoms with Crippen LogP contribution in [0.3, 0.4) is 0 Å². The molecule has 1 heterocycles. The molecule has 3 rings (SSSR count). The number of rotatable bonds is 5. The van der Waals surface area contributed by atoms with Gasteiger partial charge in [0.1, 0.15) is 11.6 Å². The van der Waals surface area contributed by atoms with Crippen LogP contribution in [0.25, 0.3) is 0 Å². The Morgan fingerprint density at radius 3 is 2.90 bits per heavy atom. The Labute approximate surface area is 122 Å². The number of hydrogen-bond acceptors (Lipinski definition) is 2.